The first-order valence-corrected chi connectivity index (χ1v) is 7.04. The zero-order valence-electron chi connectivity index (χ0n) is 12.2. The van der Waals surface area contributed by atoms with Crippen LogP contribution in [0.2, 0.25) is 0 Å². The van der Waals surface area contributed by atoms with E-state index in [0.29, 0.717) is 11.6 Å². The summed E-state index contributed by atoms with van der Waals surface area (Å²) in [7, 11) is 0. The fourth-order valence-corrected chi connectivity index (χ4v) is 2.18. The van der Waals surface area contributed by atoms with Crippen LogP contribution in [0.3, 0.4) is 0 Å². The molecule has 1 aliphatic rings. The minimum atomic E-state index is -0.417. The van der Waals surface area contributed by atoms with Crippen LogP contribution >= 0.6 is 0 Å². The Labute approximate surface area is 129 Å². The number of rotatable bonds is 3. The molecule has 0 N–H and O–H groups in total. The molecule has 3 rings (SSSR count). The summed E-state index contributed by atoms with van der Waals surface area (Å²) in [5, 5.41) is 0. The molecule has 2 aromatic rings. The molecule has 0 radical (unpaired) electrons. The van der Waals surface area contributed by atoms with E-state index >= 15 is 0 Å². The van der Waals surface area contributed by atoms with Gasteiger partial charge in [-0.3, -0.25) is 0 Å². The standard InChI is InChI=1S/C19H15NO2/c1-14(12-15-8-4-2-5-9-15)13-17-19(21)22-18(20-17)16-10-6-3-7-11-16/h2-13H,1H3/b14-12-,17-13-. The number of allylic oxidation sites excluding steroid dienone is 2. The van der Waals surface area contributed by atoms with Gasteiger partial charge in [0.25, 0.3) is 0 Å². The Morgan fingerprint density at radius 2 is 1.64 bits per heavy atom. The average molecular weight is 289 g/mol. The third-order valence-corrected chi connectivity index (χ3v) is 3.20. The first kappa shape index (κ1) is 14.0. The van der Waals surface area contributed by atoms with Gasteiger partial charge in [-0.05, 0) is 36.3 Å². The van der Waals surface area contributed by atoms with Crippen LogP contribution in [-0.2, 0) is 9.53 Å². The smallest absolute Gasteiger partial charge is 0.363 e. The lowest BCUT2D eigenvalue weighted by atomic mass is 10.1. The fourth-order valence-electron chi connectivity index (χ4n) is 2.18. The molecule has 2 aromatic carbocycles. The number of carbonyl (C=O) groups excluding carboxylic acids is 1. The highest BCUT2D eigenvalue weighted by Crippen LogP contribution is 2.18. The van der Waals surface area contributed by atoms with E-state index < -0.39 is 5.97 Å². The highest BCUT2D eigenvalue weighted by molar-refractivity contribution is 6.11. The number of hydrogen-bond acceptors (Lipinski definition) is 3. The van der Waals surface area contributed by atoms with Gasteiger partial charge in [-0.15, -0.1) is 0 Å². The van der Waals surface area contributed by atoms with Crippen molar-refractivity contribution >= 4 is 17.9 Å². The maximum Gasteiger partial charge on any atom is 0.363 e. The van der Waals surface area contributed by atoms with Gasteiger partial charge < -0.3 is 4.74 Å². The molecule has 0 fully saturated rings. The van der Waals surface area contributed by atoms with Crippen molar-refractivity contribution in [2.24, 2.45) is 4.99 Å². The van der Waals surface area contributed by atoms with E-state index in [9.17, 15) is 4.79 Å². The number of ether oxygens (including phenoxy) is 1. The molecule has 1 heterocycles. The van der Waals surface area contributed by atoms with E-state index in [-0.39, 0.29) is 0 Å². The average Bonchev–Trinajstić information content (AvgIpc) is 2.90. The van der Waals surface area contributed by atoms with Crippen LogP contribution in [0.25, 0.3) is 6.08 Å². The van der Waals surface area contributed by atoms with E-state index in [2.05, 4.69) is 4.99 Å². The number of cyclic esters (lactones) is 1. The largest absolute Gasteiger partial charge is 0.402 e. The Kier molecular flexibility index (Phi) is 3.97. The number of hydrogen-bond donors (Lipinski definition) is 0. The molecule has 0 saturated carbocycles. The van der Waals surface area contributed by atoms with Crippen molar-refractivity contribution in [1.29, 1.82) is 0 Å². The maximum absolute atomic E-state index is 11.9. The summed E-state index contributed by atoms with van der Waals surface area (Å²) >= 11 is 0. The first-order chi connectivity index (χ1) is 10.7. The second kappa shape index (κ2) is 6.22. The number of esters is 1. The molecule has 0 amide bonds. The normalized spacial score (nSPS) is 16.6. The van der Waals surface area contributed by atoms with E-state index in [1.54, 1.807) is 6.08 Å². The fraction of sp³-hybridized carbons (Fsp3) is 0.0526. The number of nitrogens with zero attached hydrogens (tertiary/aromatic N) is 1. The van der Waals surface area contributed by atoms with Crippen LogP contribution in [0, 0.1) is 0 Å². The van der Waals surface area contributed by atoms with Gasteiger partial charge in [0.15, 0.2) is 5.70 Å². The Morgan fingerprint density at radius 3 is 2.32 bits per heavy atom. The second-order valence-corrected chi connectivity index (χ2v) is 5.00. The molecule has 0 aromatic heterocycles. The van der Waals surface area contributed by atoms with Gasteiger partial charge in [-0.25, -0.2) is 9.79 Å². The summed E-state index contributed by atoms with van der Waals surface area (Å²) in [5.74, 6) is -0.0657. The lowest BCUT2D eigenvalue weighted by Crippen LogP contribution is -2.05. The van der Waals surface area contributed by atoms with Crippen molar-refractivity contribution in [3.8, 4) is 0 Å². The monoisotopic (exact) mass is 289 g/mol. The minimum absolute atomic E-state index is 0.323. The third kappa shape index (κ3) is 3.20. The van der Waals surface area contributed by atoms with Gasteiger partial charge in [-0.2, -0.15) is 0 Å². The van der Waals surface area contributed by atoms with Gasteiger partial charge in [0.1, 0.15) is 0 Å². The molecule has 0 saturated heterocycles. The zero-order chi connectivity index (χ0) is 15.4. The second-order valence-electron chi connectivity index (χ2n) is 5.00. The van der Waals surface area contributed by atoms with E-state index in [0.717, 1.165) is 16.7 Å². The van der Waals surface area contributed by atoms with Crippen molar-refractivity contribution in [1.82, 2.24) is 0 Å². The molecular formula is C19H15NO2. The summed E-state index contributed by atoms with van der Waals surface area (Å²) < 4.78 is 5.23. The van der Waals surface area contributed by atoms with Crippen LogP contribution in [0.4, 0.5) is 0 Å². The Morgan fingerprint density at radius 1 is 1.00 bits per heavy atom. The van der Waals surface area contributed by atoms with E-state index in [1.165, 1.54) is 0 Å². The van der Waals surface area contributed by atoms with Crippen molar-refractivity contribution < 1.29 is 9.53 Å². The molecule has 22 heavy (non-hydrogen) atoms. The Bertz CT molecular complexity index is 772. The molecule has 0 aliphatic carbocycles. The summed E-state index contributed by atoms with van der Waals surface area (Å²) in [5.41, 5.74) is 3.14. The highest BCUT2D eigenvalue weighted by Gasteiger charge is 2.23. The summed E-state index contributed by atoms with van der Waals surface area (Å²) in [6.45, 7) is 1.93. The van der Waals surface area contributed by atoms with E-state index in [4.69, 9.17) is 4.74 Å². The Balaban J connectivity index is 1.86. The predicted molar refractivity (Wildman–Crippen MR) is 87.2 cm³/mol. The number of carbonyl (C=O) groups is 1. The molecule has 0 bridgehead atoms. The molecule has 0 unspecified atom stereocenters. The lowest BCUT2D eigenvalue weighted by Gasteiger charge is -1.97. The van der Waals surface area contributed by atoms with Gasteiger partial charge in [0, 0.05) is 5.56 Å². The van der Waals surface area contributed by atoms with E-state index in [1.807, 2.05) is 73.7 Å². The van der Waals surface area contributed by atoms with Gasteiger partial charge in [-0.1, -0.05) is 54.6 Å². The summed E-state index contributed by atoms with van der Waals surface area (Å²) in [4.78, 5) is 16.2. The van der Waals surface area contributed by atoms with Crippen LogP contribution in [0.15, 0.2) is 83.0 Å². The van der Waals surface area contributed by atoms with Gasteiger partial charge in [0.2, 0.25) is 5.90 Å². The molecule has 0 atom stereocenters. The van der Waals surface area contributed by atoms with Crippen LogP contribution in [0.1, 0.15) is 18.1 Å². The highest BCUT2D eigenvalue weighted by atomic mass is 16.6. The molecule has 0 spiro atoms. The van der Waals surface area contributed by atoms with Crippen molar-refractivity contribution in [3.05, 3.63) is 89.1 Å². The Hall–Kier alpha value is -2.94. The quantitative estimate of drug-likeness (QED) is 0.633. The zero-order valence-corrected chi connectivity index (χ0v) is 12.2. The predicted octanol–water partition coefficient (Wildman–Crippen LogP) is 3.98. The molecule has 3 nitrogen and oxygen atoms in total. The summed E-state index contributed by atoms with van der Waals surface area (Å²) in [6.07, 6.45) is 3.74. The third-order valence-electron chi connectivity index (χ3n) is 3.20. The lowest BCUT2D eigenvalue weighted by molar-refractivity contribution is -0.130. The van der Waals surface area contributed by atoms with Crippen LogP contribution in [-0.4, -0.2) is 11.9 Å². The van der Waals surface area contributed by atoms with Crippen molar-refractivity contribution in [2.75, 3.05) is 0 Å². The molecule has 1 aliphatic heterocycles. The molecule has 108 valence electrons. The summed E-state index contributed by atoms with van der Waals surface area (Å²) in [6, 6.07) is 19.3. The molecule has 3 heteroatoms. The topological polar surface area (TPSA) is 38.7 Å². The van der Waals surface area contributed by atoms with Crippen molar-refractivity contribution in [2.45, 2.75) is 6.92 Å². The molecular weight excluding hydrogens is 274 g/mol. The van der Waals surface area contributed by atoms with Crippen LogP contribution < -0.4 is 0 Å². The number of benzene rings is 2. The maximum atomic E-state index is 11.9. The number of aliphatic imine (C=N–C) groups is 1. The van der Waals surface area contributed by atoms with Crippen LogP contribution in [0.5, 0.6) is 0 Å². The minimum Gasteiger partial charge on any atom is -0.402 e. The SMILES string of the molecule is CC(=C/c1ccccc1)/C=C1\N=C(c2ccccc2)OC1=O. The van der Waals surface area contributed by atoms with Gasteiger partial charge >= 0.3 is 5.97 Å². The first-order valence-electron chi connectivity index (χ1n) is 7.04. The van der Waals surface area contributed by atoms with Gasteiger partial charge in [0.05, 0.1) is 0 Å². The van der Waals surface area contributed by atoms with Crippen molar-refractivity contribution in [3.63, 3.8) is 0 Å².